The molecular weight excluding hydrogens is 364 g/mol. The summed E-state index contributed by atoms with van der Waals surface area (Å²) in [5, 5.41) is 1.15. The molecule has 0 saturated heterocycles. The summed E-state index contributed by atoms with van der Waals surface area (Å²) in [4.78, 5) is 24.5. The zero-order valence-corrected chi connectivity index (χ0v) is 17.8. The van der Waals surface area contributed by atoms with Crippen molar-refractivity contribution in [3.05, 3.63) is 41.7 Å². The van der Waals surface area contributed by atoms with Crippen LogP contribution in [0.2, 0.25) is 0 Å². The summed E-state index contributed by atoms with van der Waals surface area (Å²) in [5.74, 6) is 0. The SMILES string of the molecule is CN1CC=C(c2cc3c(C4=CCN(C(=O)OC(C)(C)C)CC4)ccnc3[nH]2)CC1. The largest absolute Gasteiger partial charge is 0.444 e. The number of aromatic amines is 1. The molecule has 0 bridgehead atoms. The topological polar surface area (TPSA) is 61.5 Å². The van der Waals surface area contributed by atoms with Crippen molar-refractivity contribution in [2.24, 2.45) is 0 Å². The Hall–Kier alpha value is -2.60. The van der Waals surface area contributed by atoms with E-state index >= 15 is 0 Å². The highest BCUT2D eigenvalue weighted by Gasteiger charge is 2.24. The third kappa shape index (κ3) is 4.37. The van der Waals surface area contributed by atoms with Crippen molar-refractivity contribution in [3.8, 4) is 0 Å². The van der Waals surface area contributed by atoms with Crippen LogP contribution in [0, 0.1) is 0 Å². The number of nitrogens with one attached hydrogen (secondary N) is 1. The van der Waals surface area contributed by atoms with Gasteiger partial charge in [0.1, 0.15) is 11.2 Å². The number of pyridine rings is 1. The van der Waals surface area contributed by atoms with Crippen LogP contribution in [0.5, 0.6) is 0 Å². The minimum atomic E-state index is -0.470. The van der Waals surface area contributed by atoms with Gasteiger partial charge in [0.05, 0.1) is 0 Å². The van der Waals surface area contributed by atoms with Crippen molar-refractivity contribution in [2.75, 3.05) is 33.2 Å². The Morgan fingerprint density at radius 3 is 2.55 bits per heavy atom. The number of hydrogen-bond acceptors (Lipinski definition) is 4. The van der Waals surface area contributed by atoms with Gasteiger partial charge in [-0.2, -0.15) is 0 Å². The third-order valence-corrected chi connectivity index (χ3v) is 5.50. The van der Waals surface area contributed by atoms with E-state index in [0.717, 1.165) is 37.0 Å². The van der Waals surface area contributed by atoms with E-state index in [1.54, 1.807) is 4.90 Å². The third-order valence-electron chi connectivity index (χ3n) is 5.50. The van der Waals surface area contributed by atoms with Crippen molar-refractivity contribution in [2.45, 2.75) is 39.2 Å². The van der Waals surface area contributed by atoms with Crippen molar-refractivity contribution in [1.82, 2.24) is 19.8 Å². The molecule has 0 aromatic carbocycles. The molecule has 0 aliphatic carbocycles. The lowest BCUT2D eigenvalue weighted by molar-refractivity contribution is 0.0270. The number of H-pyrrole nitrogens is 1. The van der Waals surface area contributed by atoms with E-state index < -0.39 is 5.60 Å². The number of hydrogen-bond donors (Lipinski definition) is 1. The minimum Gasteiger partial charge on any atom is -0.444 e. The molecule has 2 aliphatic rings. The standard InChI is InChI=1S/C23H30N4O2/c1-23(2,3)29-22(28)27-13-8-16(9-14-27)18-5-10-24-21-19(18)15-20(25-21)17-6-11-26(4)12-7-17/h5-6,8,10,15H,7,9,11-14H2,1-4H3,(H,24,25). The average molecular weight is 395 g/mol. The molecule has 2 aromatic heterocycles. The number of ether oxygens (including phenoxy) is 1. The maximum atomic E-state index is 12.3. The van der Waals surface area contributed by atoms with E-state index in [1.807, 2.05) is 27.0 Å². The Balaban J connectivity index is 1.56. The molecule has 2 aromatic rings. The van der Waals surface area contributed by atoms with Gasteiger partial charge in [-0.1, -0.05) is 12.2 Å². The molecule has 0 saturated carbocycles. The number of rotatable bonds is 2. The highest BCUT2D eigenvalue weighted by Crippen LogP contribution is 2.32. The molecule has 29 heavy (non-hydrogen) atoms. The Bertz CT molecular complexity index is 980. The number of nitrogens with zero attached hydrogens (tertiary/aromatic N) is 3. The summed E-state index contributed by atoms with van der Waals surface area (Å²) in [6.07, 6.45) is 7.92. The lowest BCUT2D eigenvalue weighted by Gasteiger charge is -2.29. The summed E-state index contributed by atoms with van der Waals surface area (Å²) in [5.41, 5.74) is 5.45. The first kappa shape index (κ1) is 19.7. The molecule has 6 nitrogen and oxygen atoms in total. The molecule has 0 radical (unpaired) electrons. The van der Waals surface area contributed by atoms with E-state index in [9.17, 15) is 4.79 Å². The van der Waals surface area contributed by atoms with E-state index in [2.05, 4.69) is 46.2 Å². The highest BCUT2D eigenvalue weighted by atomic mass is 16.6. The van der Waals surface area contributed by atoms with Crippen LogP contribution >= 0.6 is 0 Å². The van der Waals surface area contributed by atoms with E-state index in [-0.39, 0.29) is 6.09 Å². The summed E-state index contributed by atoms with van der Waals surface area (Å²) in [7, 11) is 2.15. The molecule has 4 rings (SSSR count). The fraction of sp³-hybridized carbons (Fsp3) is 0.478. The average Bonchev–Trinajstić information content (AvgIpc) is 3.11. The monoisotopic (exact) mass is 394 g/mol. The summed E-state index contributed by atoms with van der Waals surface area (Å²) >= 11 is 0. The minimum absolute atomic E-state index is 0.245. The number of aromatic nitrogens is 2. The van der Waals surface area contributed by atoms with Crippen LogP contribution in [0.4, 0.5) is 4.79 Å². The zero-order chi connectivity index (χ0) is 20.6. The number of likely N-dealkylation sites (N-methyl/N-ethyl adjacent to an activating group) is 1. The molecule has 0 atom stereocenters. The van der Waals surface area contributed by atoms with Gasteiger partial charge in [0.15, 0.2) is 0 Å². The lowest BCUT2D eigenvalue weighted by Crippen LogP contribution is -2.39. The number of carbonyl (C=O) groups is 1. The molecule has 4 heterocycles. The van der Waals surface area contributed by atoms with Crippen LogP contribution in [-0.2, 0) is 4.74 Å². The van der Waals surface area contributed by atoms with Gasteiger partial charge in [0.2, 0.25) is 0 Å². The summed E-state index contributed by atoms with van der Waals surface area (Å²) in [6, 6.07) is 4.31. The van der Waals surface area contributed by atoms with Crippen LogP contribution in [0.15, 0.2) is 30.5 Å². The van der Waals surface area contributed by atoms with Crippen LogP contribution in [0.25, 0.3) is 22.2 Å². The number of amides is 1. The predicted molar refractivity (Wildman–Crippen MR) is 117 cm³/mol. The van der Waals surface area contributed by atoms with Gasteiger partial charge in [0, 0.05) is 43.5 Å². The van der Waals surface area contributed by atoms with Crippen LogP contribution in [-0.4, -0.2) is 64.7 Å². The van der Waals surface area contributed by atoms with Gasteiger partial charge in [-0.15, -0.1) is 0 Å². The van der Waals surface area contributed by atoms with Crippen molar-refractivity contribution in [3.63, 3.8) is 0 Å². The fourth-order valence-electron chi connectivity index (χ4n) is 3.90. The Kier molecular flexibility index (Phi) is 5.21. The van der Waals surface area contributed by atoms with E-state index in [1.165, 1.54) is 22.4 Å². The van der Waals surface area contributed by atoms with Crippen molar-refractivity contribution >= 4 is 28.3 Å². The number of carbonyl (C=O) groups excluding carboxylic acids is 1. The normalized spacial score (nSPS) is 18.6. The molecule has 0 fully saturated rings. The maximum absolute atomic E-state index is 12.3. The molecule has 0 spiro atoms. The molecule has 0 unspecified atom stereocenters. The highest BCUT2D eigenvalue weighted by molar-refractivity contribution is 5.93. The van der Waals surface area contributed by atoms with Gasteiger partial charge >= 0.3 is 6.09 Å². The van der Waals surface area contributed by atoms with Crippen molar-refractivity contribution in [1.29, 1.82) is 0 Å². The molecule has 1 amide bonds. The first-order valence-electron chi connectivity index (χ1n) is 10.3. The van der Waals surface area contributed by atoms with Gasteiger partial charge in [-0.25, -0.2) is 9.78 Å². The quantitative estimate of drug-likeness (QED) is 0.825. The van der Waals surface area contributed by atoms with Gasteiger partial charge in [-0.3, -0.25) is 0 Å². The molecule has 2 aliphatic heterocycles. The second kappa shape index (κ2) is 7.67. The second-order valence-electron chi connectivity index (χ2n) is 8.95. The first-order chi connectivity index (χ1) is 13.8. The predicted octanol–water partition coefficient (Wildman–Crippen LogP) is 4.31. The van der Waals surface area contributed by atoms with E-state index in [4.69, 9.17) is 4.74 Å². The molecule has 1 N–H and O–H groups in total. The van der Waals surface area contributed by atoms with Gasteiger partial charge < -0.3 is 19.5 Å². The van der Waals surface area contributed by atoms with Crippen LogP contribution in [0.1, 0.15) is 44.9 Å². The zero-order valence-electron chi connectivity index (χ0n) is 17.8. The Morgan fingerprint density at radius 2 is 1.90 bits per heavy atom. The molecular formula is C23H30N4O2. The molecule has 154 valence electrons. The smallest absolute Gasteiger partial charge is 0.410 e. The Labute approximate surface area is 172 Å². The molecule has 6 heteroatoms. The summed E-state index contributed by atoms with van der Waals surface area (Å²) < 4.78 is 5.50. The number of fused-ring (bicyclic) bond motifs is 1. The van der Waals surface area contributed by atoms with Crippen molar-refractivity contribution < 1.29 is 9.53 Å². The van der Waals surface area contributed by atoms with Crippen LogP contribution < -0.4 is 0 Å². The van der Waals surface area contributed by atoms with Crippen LogP contribution in [0.3, 0.4) is 0 Å². The fourth-order valence-corrected chi connectivity index (χ4v) is 3.90. The van der Waals surface area contributed by atoms with Gasteiger partial charge in [0.25, 0.3) is 0 Å². The maximum Gasteiger partial charge on any atom is 0.410 e. The van der Waals surface area contributed by atoms with E-state index in [0.29, 0.717) is 13.1 Å². The second-order valence-corrected chi connectivity index (χ2v) is 8.95. The Morgan fingerprint density at radius 1 is 1.14 bits per heavy atom. The lowest BCUT2D eigenvalue weighted by atomic mass is 9.97. The summed E-state index contributed by atoms with van der Waals surface area (Å²) in [6.45, 7) is 8.99. The van der Waals surface area contributed by atoms with Gasteiger partial charge in [-0.05, 0) is 69.5 Å². The first-order valence-corrected chi connectivity index (χ1v) is 10.3.